The molecule has 2 aromatic carbocycles. The second kappa shape index (κ2) is 5.97. The average molecular weight is 315 g/mol. The summed E-state index contributed by atoms with van der Waals surface area (Å²) < 4.78 is 5.33. The third kappa shape index (κ3) is 2.63. The van der Waals surface area contributed by atoms with Crippen LogP contribution < -0.4 is 5.32 Å². The number of benzene rings is 2. The summed E-state index contributed by atoms with van der Waals surface area (Å²) in [5, 5.41) is 16.1. The lowest BCUT2D eigenvalue weighted by molar-refractivity contribution is 0.432. The van der Waals surface area contributed by atoms with Crippen LogP contribution in [0.25, 0.3) is 22.8 Å². The molecular weight excluding hydrogens is 302 g/mol. The van der Waals surface area contributed by atoms with Crippen molar-refractivity contribution in [1.82, 2.24) is 15.5 Å². The molecule has 0 unspecified atom stereocenters. The number of rotatable bonds is 3. The van der Waals surface area contributed by atoms with Crippen LogP contribution in [0.2, 0.25) is 0 Å². The molecule has 0 aliphatic carbocycles. The Balaban J connectivity index is 1.59. The van der Waals surface area contributed by atoms with Gasteiger partial charge < -0.3 is 9.84 Å². The first kappa shape index (κ1) is 14.2. The lowest BCUT2D eigenvalue weighted by atomic mass is 10.1. The zero-order chi connectivity index (χ0) is 16.4. The van der Waals surface area contributed by atoms with Crippen LogP contribution in [0, 0.1) is 11.3 Å². The molecule has 24 heavy (non-hydrogen) atoms. The Morgan fingerprint density at radius 1 is 0.958 bits per heavy atom. The van der Waals surface area contributed by atoms with Gasteiger partial charge in [0.25, 0.3) is 5.89 Å². The van der Waals surface area contributed by atoms with Gasteiger partial charge in [-0.1, -0.05) is 29.4 Å². The van der Waals surface area contributed by atoms with Crippen LogP contribution in [0.5, 0.6) is 0 Å². The number of amidine groups is 1. The van der Waals surface area contributed by atoms with Crippen molar-refractivity contribution in [3.05, 3.63) is 59.7 Å². The van der Waals surface area contributed by atoms with Crippen LogP contribution in [0.3, 0.4) is 0 Å². The second-order valence-corrected chi connectivity index (χ2v) is 5.35. The Morgan fingerprint density at radius 2 is 1.67 bits per heavy atom. The SMILES string of the molecule is N#Cc1ccc(-c2nc(-c3ccc(C4=NCCN4)cc3)no2)cc1. The van der Waals surface area contributed by atoms with Crippen LogP contribution in [-0.4, -0.2) is 29.1 Å². The van der Waals surface area contributed by atoms with Crippen LogP contribution in [0.15, 0.2) is 58.0 Å². The Labute approximate surface area is 138 Å². The average Bonchev–Trinajstić information content (AvgIpc) is 3.34. The predicted octanol–water partition coefficient (Wildman–Crippen LogP) is 2.63. The van der Waals surface area contributed by atoms with Gasteiger partial charge in [0.05, 0.1) is 18.2 Å². The maximum Gasteiger partial charge on any atom is 0.258 e. The molecule has 1 aliphatic rings. The van der Waals surface area contributed by atoms with Gasteiger partial charge in [-0.3, -0.25) is 4.99 Å². The molecule has 0 bridgehead atoms. The molecule has 0 spiro atoms. The quantitative estimate of drug-likeness (QED) is 0.803. The fourth-order valence-electron chi connectivity index (χ4n) is 2.51. The third-order valence-corrected chi connectivity index (χ3v) is 3.78. The molecule has 6 heteroatoms. The van der Waals surface area contributed by atoms with Crippen molar-refractivity contribution in [3.8, 4) is 28.9 Å². The van der Waals surface area contributed by atoms with E-state index in [1.165, 1.54) is 0 Å². The van der Waals surface area contributed by atoms with Crippen molar-refractivity contribution in [2.75, 3.05) is 13.1 Å². The number of nitrogens with one attached hydrogen (secondary N) is 1. The van der Waals surface area contributed by atoms with Gasteiger partial charge in [0.2, 0.25) is 5.82 Å². The monoisotopic (exact) mass is 315 g/mol. The van der Waals surface area contributed by atoms with E-state index in [-0.39, 0.29) is 0 Å². The number of aliphatic imine (C=N–C) groups is 1. The Kier molecular flexibility index (Phi) is 3.52. The molecule has 1 aromatic heterocycles. The molecule has 0 saturated heterocycles. The van der Waals surface area contributed by atoms with E-state index in [0.29, 0.717) is 17.3 Å². The standard InChI is InChI=1S/C18H13N5O/c19-11-12-1-3-15(4-2-12)18-22-17(23-24-18)14-7-5-13(6-8-14)16-20-9-10-21-16/h1-8H,9-10H2,(H,20,21). The maximum absolute atomic E-state index is 8.84. The maximum atomic E-state index is 8.84. The molecule has 0 radical (unpaired) electrons. The molecule has 0 saturated carbocycles. The topological polar surface area (TPSA) is 87.1 Å². The fraction of sp³-hybridized carbons (Fsp3) is 0.111. The van der Waals surface area contributed by atoms with E-state index in [4.69, 9.17) is 9.78 Å². The highest BCUT2D eigenvalue weighted by molar-refractivity contribution is 6.00. The molecule has 4 rings (SSSR count). The zero-order valence-corrected chi connectivity index (χ0v) is 12.7. The van der Waals surface area contributed by atoms with Crippen molar-refractivity contribution in [3.63, 3.8) is 0 Å². The summed E-state index contributed by atoms with van der Waals surface area (Å²) in [5.41, 5.74) is 3.31. The Morgan fingerprint density at radius 3 is 2.33 bits per heavy atom. The van der Waals surface area contributed by atoms with Crippen LogP contribution >= 0.6 is 0 Å². The number of hydrogen-bond acceptors (Lipinski definition) is 6. The molecule has 2 heterocycles. The molecule has 116 valence electrons. The van der Waals surface area contributed by atoms with Crippen LogP contribution in [-0.2, 0) is 0 Å². The first-order valence-electron chi connectivity index (χ1n) is 7.57. The van der Waals surface area contributed by atoms with E-state index in [9.17, 15) is 0 Å². The molecule has 0 fully saturated rings. The number of nitriles is 1. The molecule has 3 aromatic rings. The van der Waals surface area contributed by atoms with Crippen molar-refractivity contribution < 1.29 is 4.52 Å². The molecule has 0 amide bonds. The highest BCUT2D eigenvalue weighted by Crippen LogP contribution is 2.23. The number of hydrogen-bond donors (Lipinski definition) is 1. The van der Waals surface area contributed by atoms with Crippen LogP contribution in [0.4, 0.5) is 0 Å². The van der Waals surface area contributed by atoms with Gasteiger partial charge >= 0.3 is 0 Å². The van der Waals surface area contributed by atoms with Crippen molar-refractivity contribution in [2.45, 2.75) is 0 Å². The molecular formula is C18H13N5O. The molecule has 0 atom stereocenters. The summed E-state index contributed by atoms with van der Waals surface area (Å²) in [7, 11) is 0. The van der Waals surface area contributed by atoms with Crippen molar-refractivity contribution in [1.29, 1.82) is 5.26 Å². The Bertz CT molecular complexity index is 933. The van der Waals surface area contributed by atoms with Gasteiger partial charge in [-0.25, -0.2) is 0 Å². The summed E-state index contributed by atoms with van der Waals surface area (Å²) in [4.78, 5) is 8.83. The van der Waals surface area contributed by atoms with E-state index in [1.54, 1.807) is 24.3 Å². The van der Waals surface area contributed by atoms with Gasteiger partial charge in [0.1, 0.15) is 5.84 Å². The predicted molar refractivity (Wildman–Crippen MR) is 89.3 cm³/mol. The fourth-order valence-corrected chi connectivity index (χ4v) is 2.51. The van der Waals surface area contributed by atoms with E-state index >= 15 is 0 Å². The summed E-state index contributed by atoms with van der Waals surface area (Å²) in [6.07, 6.45) is 0. The number of nitrogens with zero attached hydrogens (tertiary/aromatic N) is 4. The van der Waals surface area contributed by atoms with Crippen LogP contribution in [0.1, 0.15) is 11.1 Å². The van der Waals surface area contributed by atoms with E-state index < -0.39 is 0 Å². The van der Waals surface area contributed by atoms with Gasteiger partial charge in [0.15, 0.2) is 0 Å². The highest BCUT2D eigenvalue weighted by Gasteiger charge is 2.12. The molecule has 6 nitrogen and oxygen atoms in total. The zero-order valence-electron chi connectivity index (χ0n) is 12.7. The van der Waals surface area contributed by atoms with Crippen molar-refractivity contribution >= 4 is 5.84 Å². The van der Waals surface area contributed by atoms with Gasteiger partial charge in [-0.05, 0) is 24.3 Å². The smallest absolute Gasteiger partial charge is 0.258 e. The van der Waals surface area contributed by atoms with Gasteiger partial charge in [0, 0.05) is 23.2 Å². The first-order valence-corrected chi connectivity index (χ1v) is 7.57. The molecule has 1 aliphatic heterocycles. The van der Waals surface area contributed by atoms with Gasteiger partial charge in [-0.2, -0.15) is 10.2 Å². The van der Waals surface area contributed by atoms with E-state index in [1.807, 2.05) is 24.3 Å². The minimum absolute atomic E-state index is 0.431. The van der Waals surface area contributed by atoms with Gasteiger partial charge in [-0.15, -0.1) is 0 Å². The molecule has 1 N–H and O–H groups in total. The summed E-state index contributed by atoms with van der Waals surface area (Å²) in [6.45, 7) is 1.70. The largest absolute Gasteiger partial charge is 0.368 e. The highest BCUT2D eigenvalue weighted by atomic mass is 16.5. The van der Waals surface area contributed by atoms with E-state index in [2.05, 4.69) is 26.5 Å². The summed E-state index contributed by atoms with van der Waals surface area (Å²) in [5.74, 6) is 1.88. The minimum atomic E-state index is 0.431. The summed E-state index contributed by atoms with van der Waals surface area (Å²) >= 11 is 0. The normalized spacial score (nSPS) is 13.2. The lowest BCUT2D eigenvalue weighted by Crippen LogP contribution is -2.19. The third-order valence-electron chi connectivity index (χ3n) is 3.78. The summed E-state index contributed by atoms with van der Waals surface area (Å²) in [6, 6.07) is 17.0. The second-order valence-electron chi connectivity index (χ2n) is 5.35. The van der Waals surface area contributed by atoms with Crippen molar-refractivity contribution in [2.24, 2.45) is 4.99 Å². The van der Waals surface area contributed by atoms with E-state index in [0.717, 1.165) is 35.6 Å². The minimum Gasteiger partial charge on any atom is -0.368 e. The lowest BCUT2D eigenvalue weighted by Gasteiger charge is -2.02. The number of aromatic nitrogens is 2. The Hall–Kier alpha value is -3.46. The first-order chi connectivity index (χ1) is 11.8.